The number of methoxy groups -OCH3 is 1. The van der Waals surface area contributed by atoms with Crippen LogP contribution in [0, 0.1) is 0 Å². The van der Waals surface area contributed by atoms with E-state index in [2.05, 4.69) is 4.98 Å². The van der Waals surface area contributed by atoms with Gasteiger partial charge in [0.15, 0.2) is 0 Å². The number of hydrogen-bond donors (Lipinski definition) is 1. The lowest BCUT2D eigenvalue weighted by Gasteiger charge is -2.26. The second kappa shape index (κ2) is 5.84. The number of aromatic nitrogens is 1. The lowest BCUT2D eigenvalue weighted by atomic mass is 10.2. The van der Waals surface area contributed by atoms with Crippen LogP contribution in [-0.2, 0) is 4.74 Å². The highest BCUT2D eigenvalue weighted by molar-refractivity contribution is 6.33. The van der Waals surface area contributed by atoms with Crippen LogP contribution >= 0.6 is 11.6 Å². The first-order valence-electron chi connectivity index (χ1n) is 5.08. The minimum atomic E-state index is -1.04. The van der Waals surface area contributed by atoms with Crippen LogP contribution < -0.4 is 4.90 Å². The summed E-state index contributed by atoms with van der Waals surface area (Å²) in [6, 6.07) is 1.49. The van der Waals surface area contributed by atoms with Crippen LogP contribution in [0.25, 0.3) is 0 Å². The summed E-state index contributed by atoms with van der Waals surface area (Å²) >= 11 is 6.00. The van der Waals surface area contributed by atoms with Crippen LogP contribution in [0.5, 0.6) is 0 Å². The van der Waals surface area contributed by atoms with E-state index in [1.165, 1.54) is 12.3 Å². The molecule has 1 heterocycles. The quantitative estimate of drug-likeness (QED) is 0.874. The third-order valence-electron chi connectivity index (χ3n) is 2.47. The van der Waals surface area contributed by atoms with Gasteiger partial charge in [-0.25, -0.2) is 9.78 Å². The van der Waals surface area contributed by atoms with E-state index in [1.54, 1.807) is 7.11 Å². The summed E-state index contributed by atoms with van der Waals surface area (Å²) in [5.41, 5.74) is 0.0755. The number of carboxylic acids is 1. The molecular formula is C11H15ClN2O3. The van der Waals surface area contributed by atoms with E-state index >= 15 is 0 Å². The van der Waals surface area contributed by atoms with Crippen molar-refractivity contribution >= 4 is 23.4 Å². The van der Waals surface area contributed by atoms with Crippen molar-refractivity contribution in [3.05, 3.63) is 22.8 Å². The highest BCUT2D eigenvalue weighted by Crippen LogP contribution is 2.24. The molecule has 0 fully saturated rings. The monoisotopic (exact) mass is 258 g/mol. The number of rotatable bonds is 5. The number of aromatic carboxylic acids is 1. The summed E-state index contributed by atoms with van der Waals surface area (Å²) in [6.07, 6.45) is 1.29. The largest absolute Gasteiger partial charge is 0.478 e. The molecule has 94 valence electrons. The minimum absolute atomic E-state index is 0.0755. The molecule has 6 heteroatoms. The Morgan fingerprint density at radius 3 is 2.82 bits per heavy atom. The molecular weight excluding hydrogens is 244 g/mol. The van der Waals surface area contributed by atoms with Gasteiger partial charge in [-0.2, -0.15) is 0 Å². The van der Waals surface area contributed by atoms with E-state index in [0.29, 0.717) is 17.4 Å². The zero-order valence-corrected chi connectivity index (χ0v) is 10.7. The fourth-order valence-electron chi connectivity index (χ4n) is 1.37. The molecule has 1 aromatic heterocycles. The molecule has 0 spiro atoms. The number of nitrogens with zero attached hydrogens (tertiary/aromatic N) is 2. The first-order valence-corrected chi connectivity index (χ1v) is 5.45. The van der Waals surface area contributed by atoms with Crippen molar-refractivity contribution in [2.24, 2.45) is 0 Å². The number of anilines is 1. The smallest absolute Gasteiger partial charge is 0.337 e. The molecule has 0 amide bonds. The van der Waals surface area contributed by atoms with E-state index < -0.39 is 5.97 Å². The normalized spacial score (nSPS) is 12.2. The van der Waals surface area contributed by atoms with Crippen LogP contribution in [0.15, 0.2) is 12.3 Å². The molecule has 0 aliphatic rings. The Morgan fingerprint density at radius 1 is 1.71 bits per heavy atom. The summed E-state index contributed by atoms with van der Waals surface area (Å²) in [6.45, 7) is 2.50. The topological polar surface area (TPSA) is 62.7 Å². The van der Waals surface area contributed by atoms with Crippen molar-refractivity contribution < 1.29 is 14.6 Å². The van der Waals surface area contributed by atoms with Gasteiger partial charge in [-0.15, -0.1) is 0 Å². The van der Waals surface area contributed by atoms with Crippen LogP contribution in [-0.4, -0.2) is 42.9 Å². The van der Waals surface area contributed by atoms with E-state index in [-0.39, 0.29) is 11.6 Å². The maximum absolute atomic E-state index is 10.7. The van der Waals surface area contributed by atoms with Crippen molar-refractivity contribution in [3.63, 3.8) is 0 Å². The first kappa shape index (κ1) is 13.7. The lowest BCUT2D eigenvalue weighted by molar-refractivity contribution is 0.0696. The van der Waals surface area contributed by atoms with Crippen molar-refractivity contribution in [3.8, 4) is 0 Å². The molecule has 5 nitrogen and oxygen atoms in total. The van der Waals surface area contributed by atoms with E-state index in [1.807, 2.05) is 18.9 Å². The molecule has 0 aliphatic heterocycles. The number of ether oxygens (including phenoxy) is 1. The third-order valence-corrected chi connectivity index (χ3v) is 2.75. The Bertz CT molecular complexity index is 412. The van der Waals surface area contributed by atoms with Gasteiger partial charge in [-0.3, -0.25) is 0 Å². The Balaban J connectivity index is 2.95. The fraction of sp³-hybridized carbons (Fsp3) is 0.455. The molecule has 17 heavy (non-hydrogen) atoms. The van der Waals surface area contributed by atoms with Crippen molar-refractivity contribution in [1.82, 2.24) is 4.98 Å². The van der Waals surface area contributed by atoms with Gasteiger partial charge >= 0.3 is 5.97 Å². The van der Waals surface area contributed by atoms with Gasteiger partial charge in [0.1, 0.15) is 5.82 Å². The van der Waals surface area contributed by atoms with Crippen molar-refractivity contribution in [2.75, 3.05) is 25.7 Å². The summed E-state index contributed by atoms with van der Waals surface area (Å²) in [4.78, 5) is 16.6. The average molecular weight is 259 g/mol. The van der Waals surface area contributed by atoms with E-state index in [4.69, 9.17) is 21.4 Å². The number of hydrogen-bond acceptors (Lipinski definition) is 4. The Hall–Kier alpha value is -1.33. The number of carboxylic acid groups (broad SMARTS) is 1. The Labute approximate surface area is 105 Å². The molecule has 0 bridgehead atoms. The first-order chi connectivity index (χ1) is 7.97. The summed E-state index contributed by atoms with van der Waals surface area (Å²) in [5, 5.41) is 9.12. The summed E-state index contributed by atoms with van der Waals surface area (Å²) < 4.78 is 5.04. The van der Waals surface area contributed by atoms with Gasteiger partial charge in [0.05, 0.1) is 23.2 Å². The van der Waals surface area contributed by atoms with Gasteiger partial charge < -0.3 is 14.7 Å². The molecule has 1 unspecified atom stereocenters. The highest BCUT2D eigenvalue weighted by Gasteiger charge is 2.16. The molecule has 1 rings (SSSR count). The summed E-state index contributed by atoms with van der Waals surface area (Å²) in [5.74, 6) is -0.500. The van der Waals surface area contributed by atoms with Crippen LogP contribution in [0.1, 0.15) is 17.3 Å². The molecule has 0 aliphatic carbocycles. The summed E-state index contributed by atoms with van der Waals surface area (Å²) in [7, 11) is 3.45. The second-order valence-corrected chi connectivity index (χ2v) is 4.16. The molecule has 0 radical (unpaired) electrons. The second-order valence-electron chi connectivity index (χ2n) is 3.75. The SMILES string of the molecule is COCC(C)N(C)c1ncc(C(=O)O)cc1Cl. The predicted molar refractivity (Wildman–Crippen MR) is 65.9 cm³/mol. The number of halogens is 1. The average Bonchev–Trinajstić information content (AvgIpc) is 2.28. The van der Waals surface area contributed by atoms with Gasteiger partial charge in [0, 0.05) is 20.4 Å². The predicted octanol–water partition coefficient (Wildman–Crippen LogP) is 1.90. The van der Waals surface area contributed by atoms with Crippen molar-refractivity contribution in [1.29, 1.82) is 0 Å². The van der Waals surface area contributed by atoms with E-state index in [0.717, 1.165) is 0 Å². The zero-order valence-electron chi connectivity index (χ0n) is 9.98. The Kier molecular flexibility index (Phi) is 4.72. The van der Waals surface area contributed by atoms with E-state index in [9.17, 15) is 4.79 Å². The lowest BCUT2D eigenvalue weighted by Crippen LogP contribution is -2.33. The molecule has 0 aromatic carbocycles. The number of pyridine rings is 1. The minimum Gasteiger partial charge on any atom is -0.478 e. The van der Waals surface area contributed by atoms with Crippen molar-refractivity contribution in [2.45, 2.75) is 13.0 Å². The number of likely N-dealkylation sites (N-methyl/N-ethyl adjacent to an activating group) is 1. The third kappa shape index (κ3) is 3.31. The molecule has 1 atom stereocenters. The van der Waals surface area contributed by atoms with Gasteiger partial charge in [0.2, 0.25) is 0 Å². The maximum atomic E-state index is 10.7. The van der Waals surface area contributed by atoms with Gasteiger partial charge in [-0.1, -0.05) is 11.6 Å². The maximum Gasteiger partial charge on any atom is 0.337 e. The Morgan fingerprint density at radius 2 is 2.35 bits per heavy atom. The molecule has 0 saturated carbocycles. The highest BCUT2D eigenvalue weighted by atomic mass is 35.5. The van der Waals surface area contributed by atoms with Crippen LogP contribution in [0.2, 0.25) is 5.02 Å². The van der Waals surface area contributed by atoms with Crippen LogP contribution in [0.3, 0.4) is 0 Å². The molecule has 1 aromatic rings. The zero-order chi connectivity index (χ0) is 13.0. The standard InChI is InChI=1S/C11H15ClN2O3/c1-7(6-17-3)14(2)10-9(12)4-8(5-13-10)11(15)16/h4-5,7H,6H2,1-3H3,(H,15,16). The molecule has 1 N–H and O–H groups in total. The van der Waals surface area contributed by atoms with Gasteiger partial charge in [-0.05, 0) is 13.0 Å². The van der Waals surface area contributed by atoms with Gasteiger partial charge in [0.25, 0.3) is 0 Å². The molecule has 0 saturated heterocycles. The van der Waals surface area contributed by atoms with Crippen LogP contribution in [0.4, 0.5) is 5.82 Å². The fourth-order valence-corrected chi connectivity index (χ4v) is 1.67. The number of carbonyl (C=O) groups is 1.